The predicted octanol–water partition coefficient (Wildman–Crippen LogP) is 0.126. The summed E-state index contributed by atoms with van der Waals surface area (Å²) in [6.07, 6.45) is 1.53. The Morgan fingerprint density at radius 1 is 1.69 bits per heavy atom. The molecule has 0 aliphatic heterocycles. The van der Waals surface area contributed by atoms with Gasteiger partial charge in [-0.3, -0.25) is 5.43 Å². The summed E-state index contributed by atoms with van der Waals surface area (Å²) in [5.41, 5.74) is 2.32. The number of hydrogen-bond donors (Lipinski definition) is 3. The molecule has 1 rings (SSSR count). The van der Waals surface area contributed by atoms with Crippen molar-refractivity contribution in [1.82, 2.24) is 9.97 Å². The van der Waals surface area contributed by atoms with Crippen LogP contribution in [0.25, 0.3) is 0 Å². The zero-order chi connectivity index (χ0) is 12.0. The molecule has 0 bridgehead atoms. The fourth-order valence-corrected chi connectivity index (χ4v) is 1.06. The predicted molar refractivity (Wildman–Crippen MR) is 59.6 cm³/mol. The Kier molecular flexibility index (Phi) is 4.46. The van der Waals surface area contributed by atoms with Crippen LogP contribution in [-0.2, 0) is 9.53 Å². The SMILES string of the molecule is CCOC(=O)C(C)Nc1ccnc(NN)n1. The van der Waals surface area contributed by atoms with Gasteiger partial charge in [0.1, 0.15) is 11.9 Å². The van der Waals surface area contributed by atoms with Crippen LogP contribution < -0.4 is 16.6 Å². The van der Waals surface area contributed by atoms with Crippen LogP contribution in [0.4, 0.5) is 11.8 Å². The average molecular weight is 225 g/mol. The van der Waals surface area contributed by atoms with Gasteiger partial charge in [0.15, 0.2) is 0 Å². The molecule has 0 radical (unpaired) electrons. The topological polar surface area (TPSA) is 102 Å². The minimum atomic E-state index is -0.472. The second kappa shape index (κ2) is 5.86. The summed E-state index contributed by atoms with van der Waals surface area (Å²) in [6, 6.07) is 1.16. The summed E-state index contributed by atoms with van der Waals surface area (Å²) >= 11 is 0. The van der Waals surface area contributed by atoms with Gasteiger partial charge in [-0.15, -0.1) is 0 Å². The Hall–Kier alpha value is -1.89. The summed E-state index contributed by atoms with van der Waals surface area (Å²) in [4.78, 5) is 19.2. The maximum atomic E-state index is 11.3. The first-order chi connectivity index (χ1) is 7.67. The maximum Gasteiger partial charge on any atom is 0.328 e. The maximum absolute atomic E-state index is 11.3. The van der Waals surface area contributed by atoms with E-state index in [4.69, 9.17) is 10.6 Å². The second-order valence-corrected chi connectivity index (χ2v) is 3.03. The molecule has 0 aliphatic rings. The number of aromatic nitrogens is 2. The largest absolute Gasteiger partial charge is 0.464 e. The summed E-state index contributed by atoms with van der Waals surface area (Å²) in [7, 11) is 0. The smallest absolute Gasteiger partial charge is 0.328 e. The molecule has 0 spiro atoms. The van der Waals surface area contributed by atoms with Gasteiger partial charge < -0.3 is 10.1 Å². The summed E-state index contributed by atoms with van der Waals surface area (Å²) in [5, 5.41) is 2.88. The fraction of sp³-hybridized carbons (Fsp3) is 0.444. The van der Waals surface area contributed by atoms with Gasteiger partial charge in [0.25, 0.3) is 0 Å². The number of nitrogens with zero attached hydrogens (tertiary/aromatic N) is 2. The molecular weight excluding hydrogens is 210 g/mol. The van der Waals surface area contributed by atoms with Gasteiger partial charge in [-0.1, -0.05) is 0 Å². The number of hydrazine groups is 1. The molecule has 0 saturated heterocycles. The monoisotopic (exact) mass is 225 g/mol. The highest BCUT2D eigenvalue weighted by atomic mass is 16.5. The third-order valence-corrected chi connectivity index (χ3v) is 1.79. The first-order valence-corrected chi connectivity index (χ1v) is 4.90. The van der Waals surface area contributed by atoms with Gasteiger partial charge in [-0.25, -0.2) is 15.6 Å². The molecule has 1 unspecified atom stereocenters. The van der Waals surface area contributed by atoms with Crippen molar-refractivity contribution in [3.05, 3.63) is 12.3 Å². The molecule has 0 fully saturated rings. The number of nitrogens with one attached hydrogen (secondary N) is 2. The Morgan fingerprint density at radius 3 is 3.06 bits per heavy atom. The summed E-state index contributed by atoms with van der Waals surface area (Å²) in [6.45, 7) is 3.80. The highest BCUT2D eigenvalue weighted by Gasteiger charge is 2.13. The molecule has 7 heteroatoms. The van der Waals surface area contributed by atoms with Crippen LogP contribution in [0.15, 0.2) is 12.3 Å². The number of carbonyl (C=O) groups excluding carboxylic acids is 1. The number of carbonyl (C=O) groups is 1. The van der Waals surface area contributed by atoms with Gasteiger partial charge >= 0.3 is 5.97 Å². The molecular formula is C9H15N5O2. The number of hydrogen-bond acceptors (Lipinski definition) is 7. The Morgan fingerprint density at radius 2 is 2.44 bits per heavy atom. The van der Waals surface area contributed by atoms with Crippen molar-refractivity contribution in [2.75, 3.05) is 17.3 Å². The third-order valence-electron chi connectivity index (χ3n) is 1.79. The Balaban J connectivity index is 2.61. The van der Waals surface area contributed by atoms with E-state index in [0.29, 0.717) is 12.4 Å². The zero-order valence-electron chi connectivity index (χ0n) is 9.23. The van der Waals surface area contributed by atoms with E-state index in [1.165, 1.54) is 6.20 Å². The van der Waals surface area contributed by atoms with E-state index >= 15 is 0 Å². The third kappa shape index (κ3) is 3.35. The number of nitrogens with two attached hydrogens (primary N) is 1. The van der Waals surface area contributed by atoms with Crippen LogP contribution in [0.2, 0.25) is 0 Å². The molecule has 1 heterocycles. The highest BCUT2D eigenvalue weighted by molar-refractivity contribution is 5.78. The Bertz CT molecular complexity index is 358. The summed E-state index contributed by atoms with van der Waals surface area (Å²) < 4.78 is 4.85. The summed E-state index contributed by atoms with van der Waals surface area (Å²) in [5.74, 6) is 5.61. The van der Waals surface area contributed by atoms with Crippen LogP contribution in [0.3, 0.4) is 0 Å². The van der Waals surface area contributed by atoms with E-state index < -0.39 is 6.04 Å². The van der Waals surface area contributed by atoms with Gasteiger partial charge in [-0.05, 0) is 19.9 Å². The number of rotatable bonds is 5. The zero-order valence-corrected chi connectivity index (χ0v) is 9.23. The number of ether oxygens (including phenoxy) is 1. The number of nitrogen functional groups attached to an aromatic ring is 1. The molecule has 7 nitrogen and oxygen atoms in total. The van der Waals surface area contributed by atoms with Crippen LogP contribution in [-0.4, -0.2) is 28.6 Å². The molecule has 88 valence electrons. The van der Waals surface area contributed by atoms with Crippen LogP contribution in [0, 0.1) is 0 Å². The van der Waals surface area contributed by atoms with Crippen molar-refractivity contribution in [2.24, 2.45) is 5.84 Å². The molecule has 0 aromatic carbocycles. The molecule has 1 aromatic rings. The van der Waals surface area contributed by atoms with Crippen molar-refractivity contribution >= 4 is 17.7 Å². The first kappa shape index (κ1) is 12.2. The lowest BCUT2D eigenvalue weighted by molar-refractivity contribution is -0.143. The van der Waals surface area contributed by atoms with E-state index in [0.717, 1.165) is 0 Å². The molecule has 4 N–H and O–H groups in total. The number of esters is 1. The molecule has 0 aliphatic carbocycles. The molecule has 16 heavy (non-hydrogen) atoms. The van der Waals surface area contributed by atoms with E-state index in [2.05, 4.69) is 20.7 Å². The van der Waals surface area contributed by atoms with Crippen molar-refractivity contribution in [1.29, 1.82) is 0 Å². The van der Waals surface area contributed by atoms with Gasteiger partial charge in [0.2, 0.25) is 5.95 Å². The van der Waals surface area contributed by atoms with Gasteiger partial charge in [-0.2, -0.15) is 4.98 Å². The Labute approximate surface area is 93.4 Å². The molecule has 1 atom stereocenters. The van der Waals surface area contributed by atoms with Crippen molar-refractivity contribution in [2.45, 2.75) is 19.9 Å². The van der Waals surface area contributed by atoms with Crippen LogP contribution in [0.5, 0.6) is 0 Å². The second-order valence-electron chi connectivity index (χ2n) is 3.03. The molecule has 0 amide bonds. The van der Waals surface area contributed by atoms with Crippen molar-refractivity contribution in [3.8, 4) is 0 Å². The van der Waals surface area contributed by atoms with E-state index in [1.54, 1.807) is 19.9 Å². The molecule has 0 saturated carbocycles. The lowest BCUT2D eigenvalue weighted by atomic mass is 10.3. The minimum absolute atomic E-state index is 0.279. The lowest BCUT2D eigenvalue weighted by Gasteiger charge is -2.13. The van der Waals surface area contributed by atoms with Gasteiger partial charge in [0, 0.05) is 6.20 Å². The normalized spacial score (nSPS) is 11.7. The van der Waals surface area contributed by atoms with Crippen LogP contribution >= 0.6 is 0 Å². The minimum Gasteiger partial charge on any atom is -0.464 e. The lowest BCUT2D eigenvalue weighted by Crippen LogP contribution is -2.28. The average Bonchev–Trinajstić information content (AvgIpc) is 2.29. The number of anilines is 2. The van der Waals surface area contributed by atoms with Crippen LogP contribution in [0.1, 0.15) is 13.8 Å². The standard InChI is InChI=1S/C9H15N5O2/c1-3-16-8(15)6(2)12-7-4-5-11-9(13-7)14-10/h4-6H,3,10H2,1-2H3,(H2,11,12,13,14). The van der Waals surface area contributed by atoms with E-state index in [9.17, 15) is 4.79 Å². The highest BCUT2D eigenvalue weighted by Crippen LogP contribution is 2.06. The van der Waals surface area contributed by atoms with E-state index in [-0.39, 0.29) is 11.9 Å². The fourth-order valence-electron chi connectivity index (χ4n) is 1.06. The van der Waals surface area contributed by atoms with Crippen molar-refractivity contribution < 1.29 is 9.53 Å². The van der Waals surface area contributed by atoms with Gasteiger partial charge in [0.05, 0.1) is 6.61 Å². The first-order valence-electron chi connectivity index (χ1n) is 4.90. The molecule has 1 aromatic heterocycles. The van der Waals surface area contributed by atoms with E-state index in [1.807, 2.05) is 0 Å². The van der Waals surface area contributed by atoms with Crippen molar-refractivity contribution in [3.63, 3.8) is 0 Å². The quantitative estimate of drug-likeness (QED) is 0.371.